The Morgan fingerprint density at radius 3 is 2.65 bits per heavy atom. The Kier molecular flexibility index (Phi) is 6.78. The van der Waals surface area contributed by atoms with Crippen molar-refractivity contribution in [3.8, 4) is 0 Å². The van der Waals surface area contributed by atoms with Crippen LogP contribution in [0.2, 0.25) is 0 Å². The molecule has 1 unspecified atom stereocenters. The Labute approximate surface area is 155 Å². The molecule has 1 atom stereocenters. The summed E-state index contributed by atoms with van der Waals surface area (Å²) < 4.78 is 5.38. The number of rotatable bonds is 6. The maximum atomic E-state index is 13.3. The van der Waals surface area contributed by atoms with Gasteiger partial charge in [-0.15, -0.1) is 0 Å². The number of carbonyl (C=O) groups is 1. The smallest absolute Gasteiger partial charge is 0.258 e. The molecule has 0 radical (unpaired) electrons. The van der Waals surface area contributed by atoms with Crippen LogP contribution in [0.1, 0.15) is 29.3 Å². The SMILES string of the molecule is CN=CC(=CN)CN(C(=O)c1ccc(C)cc1)C1=CC(OC)=CCC1C. The van der Waals surface area contributed by atoms with Crippen molar-refractivity contribution in [2.45, 2.75) is 20.3 Å². The maximum absolute atomic E-state index is 13.3. The van der Waals surface area contributed by atoms with Crippen LogP contribution < -0.4 is 5.73 Å². The summed E-state index contributed by atoms with van der Waals surface area (Å²) in [5, 5.41) is 0. The van der Waals surface area contributed by atoms with Gasteiger partial charge in [0.2, 0.25) is 0 Å². The number of hydrogen-bond donors (Lipinski definition) is 1. The number of aryl methyl sites for hydroxylation is 1. The highest BCUT2D eigenvalue weighted by molar-refractivity contribution is 5.96. The number of nitrogens with zero attached hydrogens (tertiary/aromatic N) is 2. The number of methoxy groups -OCH3 is 1. The van der Waals surface area contributed by atoms with Gasteiger partial charge in [0, 0.05) is 42.2 Å². The molecule has 2 N–H and O–H groups in total. The van der Waals surface area contributed by atoms with Gasteiger partial charge in [-0.1, -0.05) is 24.6 Å². The number of nitrogens with two attached hydrogens (primary N) is 1. The standard InChI is InChI=1S/C21H27N3O2/c1-15-5-8-18(9-6-15)21(25)24(14-17(12-22)13-23-3)20-11-19(26-4)10-7-16(20)2/h5-6,8-13,16H,7,14,22H2,1-4H3. The predicted molar refractivity (Wildman–Crippen MR) is 106 cm³/mol. The average molecular weight is 353 g/mol. The fraction of sp³-hybridized carbons (Fsp3) is 0.333. The van der Waals surface area contributed by atoms with Crippen LogP contribution in [0.3, 0.4) is 0 Å². The molecule has 0 aromatic heterocycles. The lowest BCUT2D eigenvalue weighted by Gasteiger charge is -2.31. The molecule has 26 heavy (non-hydrogen) atoms. The summed E-state index contributed by atoms with van der Waals surface area (Å²) >= 11 is 0. The Morgan fingerprint density at radius 1 is 1.38 bits per heavy atom. The molecule has 0 saturated heterocycles. The molecule has 0 bridgehead atoms. The predicted octanol–water partition coefficient (Wildman–Crippen LogP) is 3.43. The van der Waals surface area contributed by atoms with E-state index in [2.05, 4.69) is 11.9 Å². The van der Waals surface area contributed by atoms with E-state index in [1.54, 1.807) is 25.3 Å². The minimum absolute atomic E-state index is 0.0655. The molecule has 0 aliphatic heterocycles. The first-order valence-corrected chi connectivity index (χ1v) is 8.67. The Hall–Kier alpha value is -2.82. The summed E-state index contributed by atoms with van der Waals surface area (Å²) in [6.45, 7) is 4.46. The van der Waals surface area contributed by atoms with Crippen molar-refractivity contribution in [2.75, 3.05) is 20.7 Å². The molecule has 0 fully saturated rings. The second kappa shape index (κ2) is 9.04. The number of allylic oxidation sites excluding steroid dienone is 3. The maximum Gasteiger partial charge on any atom is 0.258 e. The van der Waals surface area contributed by atoms with Crippen LogP contribution in [-0.2, 0) is 4.74 Å². The van der Waals surface area contributed by atoms with E-state index in [1.807, 2.05) is 43.3 Å². The normalized spacial score (nSPS) is 17.7. The second-order valence-corrected chi connectivity index (χ2v) is 6.40. The van der Waals surface area contributed by atoms with Crippen molar-refractivity contribution in [2.24, 2.45) is 16.6 Å². The molecule has 0 saturated carbocycles. The fourth-order valence-corrected chi connectivity index (χ4v) is 2.86. The van der Waals surface area contributed by atoms with E-state index >= 15 is 0 Å². The Balaban J connectivity index is 2.44. The van der Waals surface area contributed by atoms with Crippen molar-refractivity contribution >= 4 is 12.1 Å². The van der Waals surface area contributed by atoms with Gasteiger partial charge in [0.15, 0.2) is 0 Å². The lowest BCUT2D eigenvalue weighted by atomic mass is 9.95. The first-order valence-electron chi connectivity index (χ1n) is 8.67. The van der Waals surface area contributed by atoms with E-state index in [0.717, 1.165) is 29.0 Å². The fourth-order valence-electron chi connectivity index (χ4n) is 2.86. The van der Waals surface area contributed by atoms with Crippen LogP contribution in [0.4, 0.5) is 0 Å². The molecule has 1 aromatic carbocycles. The monoisotopic (exact) mass is 353 g/mol. The molecule has 5 nitrogen and oxygen atoms in total. The first-order chi connectivity index (χ1) is 12.5. The molecule has 2 rings (SSSR count). The van der Waals surface area contributed by atoms with Gasteiger partial charge in [-0.3, -0.25) is 9.79 Å². The molecule has 5 heteroatoms. The van der Waals surface area contributed by atoms with Crippen molar-refractivity contribution in [3.05, 3.63) is 70.8 Å². The number of hydrogen-bond acceptors (Lipinski definition) is 4. The summed E-state index contributed by atoms with van der Waals surface area (Å²) in [7, 11) is 3.32. The first kappa shape index (κ1) is 19.5. The highest BCUT2D eigenvalue weighted by Crippen LogP contribution is 2.28. The van der Waals surface area contributed by atoms with Crippen molar-refractivity contribution in [1.29, 1.82) is 0 Å². The van der Waals surface area contributed by atoms with Crippen LogP contribution in [-0.4, -0.2) is 37.7 Å². The number of aliphatic imine (C=N–C) groups is 1. The molecule has 0 spiro atoms. The molecular weight excluding hydrogens is 326 g/mol. The number of carbonyl (C=O) groups excluding carboxylic acids is 1. The van der Waals surface area contributed by atoms with Gasteiger partial charge >= 0.3 is 0 Å². The zero-order valence-electron chi connectivity index (χ0n) is 15.9. The van der Waals surface area contributed by atoms with Gasteiger partial charge in [0.25, 0.3) is 5.91 Å². The van der Waals surface area contributed by atoms with E-state index in [1.165, 1.54) is 6.20 Å². The molecule has 138 valence electrons. The topological polar surface area (TPSA) is 67.9 Å². The highest BCUT2D eigenvalue weighted by Gasteiger charge is 2.26. The van der Waals surface area contributed by atoms with E-state index < -0.39 is 0 Å². The van der Waals surface area contributed by atoms with Crippen LogP contribution in [0.25, 0.3) is 0 Å². The van der Waals surface area contributed by atoms with Gasteiger partial charge in [0.1, 0.15) is 5.76 Å². The minimum Gasteiger partial charge on any atom is -0.497 e. The quantitative estimate of drug-likeness (QED) is 0.797. The lowest BCUT2D eigenvalue weighted by Crippen LogP contribution is -2.36. The Morgan fingerprint density at radius 2 is 2.08 bits per heavy atom. The van der Waals surface area contributed by atoms with Gasteiger partial charge < -0.3 is 15.4 Å². The number of benzene rings is 1. The summed E-state index contributed by atoms with van der Waals surface area (Å²) in [5.41, 5.74) is 9.18. The van der Waals surface area contributed by atoms with Crippen LogP contribution >= 0.6 is 0 Å². The van der Waals surface area contributed by atoms with Crippen LogP contribution in [0.5, 0.6) is 0 Å². The minimum atomic E-state index is -0.0655. The zero-order chi connectivity index (χ0) is 19.1. The van der Waals surface area contributed by atoms with Gasteiger partial charge in [-0.2, -0.15) is 0 Å². The molecule has 1 amide bonds. The lowest BCUT2D eigenvalue weighted by molar-refractivity contribution is 0.0802. The van der Waals surface area contributed by atoms with Crippen LogP contribution in [0.15, 0.2) is 64.6 Å². The third-order valence-electron chi connectivity index (χ3n) is 4.41. The number of ether oxygens (including phenoxy) is 1. The summed E-state index contributed by atoms with van der Waals surface area (Å²) in [5.74, 6) is 0.896. The molecular formula is C21H27N3O2. The molecule has 0 heterocycles. The van der Waals surface area contributed by atoms with E-state index in [4.69, 9.17) is 10.5 Å². The van der Waals surface area contributed by atoms with E-state index in [0.29, 0.717) is 12.1 Å². The summed E-state index contributed by atoms with van der Waals surface area (Å²) in [4.78, 5) is 19.1. The summed E-state index contributed by atoms with van der Waals surface area (Å²) in [6.07, 6.45) is 7.95. The largest absolute Gasteiger partial charge is 0.497 e. The molecule has 1 aliphatic rings. The van der Waals surface area contributed by atoms with Crippen molar-refractivity contribution in [3.63, 3.8) is 0 Å². The van der Waals surface area contributed by atoms with Crippen LogP contribution in [0, 0.1) is 12.8 Å². The second-order valence-electron chi connectivity index (χ2n) is 6.40. The van der Waals surface area contributed by atoms with Crippen molar-refractivity contribution < 1.29 is 9.53 Å². The third-order valence-corrected chi connectivity index (χ3v) is 4.41. The zero-order valence-corrected chi connectivity index (χ0v) is 15.9. The molecule has 1 aliphatic carbocycles. The average Bonchev–Trinajstić information content (AvgIpc) is 2.66. The van der Waals surface area contributed by atoms with Gasteiger partial charge in [0.05, 0.1) is 13.7 Å². The van der Waals surface area contributed by atoms with Gasteiger partial charge in [-0.05, 0) is 37.6 Å². The molecule has 1 aromatic rings. The van der Waals surface area contributed by atoms with E-state index in [-0.39, 0.29) is 11.8 Å². The third kappa shape index (κ3) is 4.63. The van der Waals surface area contributed by atoms with E-state index in [9.17, 15) is 4.79 Å². The Bertz CT molecular complexity index is 758. The highest BCUT2D eigenvalue weighted by atomic mass is 16.5. The summed E-state index contributed by atoms with van der Waals surface area (Å²) in [6, 6.07) is 7.59. The van der Waals surface area contributed by atoms with Crippen molar-refractivity contribution in [1.82, 2.24) is 4.90 Å². The number of amides is 1. The van der Waals surface area contributed by atoms with Gasteiger partial charge in [-0.25, -0.2) is 0 Å².